The average Bonchev–Trinajstić information content (AvgIpc) is 2.87. The standard InChI is InChI=1S/C12H18N4/c1-8-12(9(2)16-15-8)11(7-13)14-10-5-3-4-6-10/h10-11,14H,3-6H2,1-2H3,(H,15,16). The van der Waals surface area contributed by atoms with Crippen LogP contribution in [0.1, 0.15) is 48.7 Å². The Morgan fingerprint density at radius 3 is 2.62 bits per heavy atom. The number of nitrogens with zero attached hydrogens (tertiary/aromatic N) is 2. The van der Waals surface area contributed by atoms with E-state index in [1.165, 1.54) is 25.7 Å². The van der Waals surface area contributed by atoms with Crippen molar-refractivity contribution in [1.82, 2.24) is 15.5 Å². The van der Waals surface area contributed by atoms with Crippen molar-refractivity contribution >= 4 is 0 Å². The van der Waals surface area contributed by atoms with E-state index in [2.05, 4.69) is 21.6 Å². The fourth-order valence-corrected chi connectivity index (χ4v) is 2.50. The van der Waals surface area contributed by atoms with Crippen molar-refractivity contribution in [3.8, 4) is 6.07 Å². The monoisotopic (exact) mass is 218 g/mol. The van der Waals surface area contributed by atoms with E-state index in [0.29, 0.717) is 6.04 Å². The highest BCUT2D eigenvalue weighted by Gasteiger charge is 2.23. The lowest BCUT2D eigenvalue weighted by Crippen LogP contribution is -2.30. The molecule has 0 spiro atoms. The predicted molar refractivity (Wildman–Crippen MR) is 61.8 cm³/mol. The highest BCUT2D eigenvalue weighted by molar-refractivity contribution is 5.31. The van der Waals surface area contributed by atoms with Gasteiger partial charge in [-0.25, -0.2) is 0 Å². The Hall–Kier alpha value is -1.34. The number of aromatic nitrogens is 2. The minimum atomic E-state index is -0.221. The van der Waals surface area contributed by atoms with Gasteiger partial charge in [0.1, 0.15) is 6.04 Å². The van der Waals surface area contributed by atoms with E-state index < -0.39 is 0 Å². The first-order chi connectivity index (χ1) is 7.72. The summed E-state index contributed by atoms with van der Waals surface area (Å²) in [6.45, 7) is 3.91. The number of hydrogen-bond acceptors (Lipinski definition) is 3. The Labute approximate surface area is 96.0 Å². The van der Waals surface area contributed by atoms with E-state index in [9.17, 15) is 5.26 Å². The third-order valence-electron chi connectivity index (χ3n) is 3.36. The molecule has 16 heavy (non-hydrogen) atoms. The highest BCUT2D eigenvalue weighted by atomic mass is 15.1. The minimum absolute atomic E-state index is 0.221. The first-order valence-electron chi connectivity index (χ1n) is 5.89. The smallest absolute Gasteiger partial charge is 0.125 e. The van der Waals surface area contributed by atoms with Gasteiger partial charge in [-0.1, -0.05) is 12.8 Å². The predicted octanol–water partition coefficient (Wildman–Crippen LogP) is 2.12. The van der Waals surface area contributed by atoms with Crippen LogP contribution in [0, 0.1) is 25.2 Å². The molecule has 0 amide bonds. The topological polar surface area (TPSA) is 64.5 Å². The summed E-state index contributed by atoms with van der Waals surface area (Å²) in [4.78, 5) is 0. The van der Waals surface area contributed by atoms with Gasteiger partial charge in [0, 0.05) is 17.3 Å². The van der Waals surface area contributed by atoms with Crippen molar-refractivity contribution in [2.75, 3.05) is 0 Å². The summed E-state index contributed by atoms with van der Waals surface area (Å²) in [6.07, 6.45) is 4.93. The second-order valence-electron chi connectivity index (χ2n) is 4.56. The molecule has 1 atom stereocenters. The maximum atomic E-state index is 9.25. The number of hydrogen-bond donors (Lipinski definition) is 2. The molecule has 1 fully saturated rings. The van der Waals surface area contributed by atoms with Crippen molar-refractivity contribution in [3.05, 3.63) is 17.0 Å². The molecule has 1 aliphatic carbocycles. The van der Waals surface area contributed by atoms with Gasteiger partial charge in [0.05, 0.1) is 11.8 Å². The minimum Gasteiger partial charge on any atom is -0.295 e. The molecule has 0 aromatic carbocycles. The molecule has 1 saturated carbocycles. The Morgan fingerprint density at radius 2 is 2.12 bits per heavy atom. The second kappa shape index (κ2) is 4.67. The molecule has 4 heteroatoms. The molecular formula is C12H18N4. The third-order valence-corrected chi connectivity index (χ3v) is 3.36. The molecule has 0 aliphatic heterocycles. The van der Waals surface area contributed by atoms with Gasteiger partial charge in [0.2, 0.25) is 0 Å². The molecule has 86 valence electrons. The van der Waals surface area contributed by atoms with Crippen LogP contribution in [0.4, 0.5) is 0 Å². The number of nitriles is 1. The van der Waals surface area contributed by atoms with Crippen LogP contribution in [0.3, 0.4) is 0 Å². The number of rotatable bonds is 3. The molecule has 0 bridgehead atoms. The van der Waals surface area contributed by atoms with E-state index in [1.54, 1.807) is 0 Å². The maximum Gasteiger partial charge on any atom is 0.125 e. The largest absolute Gasteiger partial charge is 0.295 e. The molecule has 1 aromatic rings. The van der Waals surface area contributed by atoms with E-state index in [4.69, 9.17) is 0 Å². The van der Waals surface area contributed by atoms with Gasteiger partial charge in [0.25, 0.3) is 0 Å². The number of nitrogens with one attached hydrogen (secondary N) is 2. The van der Waals surface area contributed by atoms with Crippen LogP contribution in [0.25, 0.3) is 0 Å². The van der Waals surface area contributed by atoms with E-state index >= 15 is 0 Å². The third kappa shape index (κ3) is 2.10. The van der Waals surface area contributed by atoms with Gasteiger partial charge in [-0.15, -0.1) is 0 Å². The lowest BCUT2D eigenvalue weighted by molar-refractivity contribution is 0.490. The highest BCUT2D eigenvalue weighted by Crippen LogP contribution is 2.24. The molecule has 1 unspecified atom stereocenters. The van der Waals surface area contributed by atoms with Gasteiger partial charge in [-0.2, -0.15) is 10.4 Å². The summed E-state index contributed by atoms with van der Waals surface area (Å²) in [7, 11) is 0. The summed E-state index contributed by atoms with van der Waals surface area (Å²) in [6, 6.07) is 2.62. The van der Waals surface area contributed by atoms with Gasteiger partial charge in [-0.05, 0) is 26.7 Å². The maximum absolute atomic E-state index is 9.25. The lowest BCUT2D eigenvalue weighted by atomic mass is 10.0. The molecule has 0 saturated heterocycles. The summed E-state index contributed by atoms with van der Waals surface area (Å²) < 4.78 is 0. The molecule has 1 heterocycles. The lowest BCUT2D eigenvalue weighted by Gasteiger charge is -2.17. The number of H-pyrrole nitrogens is 1. The normalized spacial score (nSPS) is 18.6. The van der Waals surface area contributed by atoms with Crippen molar-refractivity contribution in [2.24, 2.45) is 0 Å². The van der Waals surface area contributed by atoms with Gasteiger partial charge >= 0.3 is 0 Å². The zero-order valence-electron chi connectivity index (χ0n) is 9.88. The van der Waals surface area contributed by atoms with E-state index in [0.717, 1.165) is 17.0 Å². The van der Waals surface area contributed by atoms with Crippen LogP contribution in [0.2, 0.25) is 0 Å². The first-order valence-corrected chi connectivity index (χ1v) is 5.89. The number of aromatic amines is 1. The average molecular weight is 218 g/mol. The SMILES string of the molecule is Cc1n[nH]c(C)c1C(C#N)NC1CCCC1. The molecule has 2 N–H and O–H groups in total. The van der Waals surface area contributed by atoms with Gasteiger partial charge in [0.15, 0.2) is 0 Å². The van der Waals surface area contributed by atoms with E-state index in [-0.39, 0.29) is 6.04 Å². The molecule has 1 aliphatic rings. The van der Waals surface area contributed by atoms with Crippen molar-refractivity contribution in [3.63, 3.8) is 0 Å². The van der Waals surface area contributed by atoms with Crippen LogP contribution < -0.4 is 5.32 Å². The van der Waals surface area contributed by atoms with Crippen molar-refractivity contribution in [1.29, 1.82) is 5.26 Å². The van der Waals surface area contributed by atoms with Crippen LogP contribution >= 0.6 is 0 Å². The van der Waals surface area contributed by atoms with Crippen LogP contribution in [0.15, 0.2) is 0 Å². The summed E-state index contributed by atoms with van der Waals surface area (Å²) in [5, 5.41) is 19.8. The molecule has 4 nitrogen and oxygen atoms in total. The zero-order valence-corrected chi connectivity index (χ0v) is 9.88. The molecule has 0 radical (unpaired) electrons. The fraction of sp³-hybridized carbons (Fsp3) is 0.667. The van der Waals surface area contributed by atoms with Crippen LogP contribution in [-0.4, -0.2) is 16.2 Å². The Morgan fingerprint density at radius 1 is 1.44 bits per heavy atom. The summed E-state index contributed by atoms with van der Waals surface area (Å²) in [5.41, 5.74) is 2.94. The number of aryl methyl sites for hydroxylation is 2. The Balaban J connectivity index is 2.13. The Bertz CT molecular complexity index is 376. The van der Waals surface area contributed by atoms with Crippen LogP contribution in [0.5, 0.6) is 0 Å². The molecule has 1 aromatic heterocycles. The fourth-order valence-electron chi connectivity index (χ4n) is 2.50. The molecule has 2 rings (SSSR count). The van der Waals surface area contributed by atoms with Crippen LogP contribution in [-0.2, 0) is 0 Å². The quantitative estimate of drug-likeness (QED) is 0.816. The van der Waals surface area contributed by atoms with Gasteiger partial charge < -0.3 is 0 Å². The zero-order chi connectivity index (χ0) is 11.5. The van der Waals surface area contributed by atoms with E-state index in [1.807, 2.05) is 13.8 Å². The van der Waals surface area contributed by atoms with Crippen molar-refractivity contribution < 1.29 is 0 Å². The first kappa shape index (κ1) is 11.2. The Kier molecular flexibility index (Phi) is 3.25. The molecular weight excluding hydrogens is 200 g/mol. The second-order valence-corrected chi connectivity index (χ2v) is 4.56. The summed E-state index contributed by atoms with van der Waals surface area (Å²) in [5.74, 6) is 0. The van der Waals surface area contributed by atoms with Gasteiger partial charge in [-0.3, -0.25) is 10.4 Å². The van der Waals surface area contributed by atoms with Crippen molar-refractivity contribution in [2.45, 2.75) is 51.6 Å². The summed E-state index contributed by atoms with van der Waals surface area (Å²) >= 11 is 0.